The quantitative estimate of drug-likeness (QED) is 0.581. The number of aryl methyl sites for hydroxylation is 1. The second-order valence-corrected chi connectivity index (χ2v) is 6.79. The Morgan fingerprint density at radius 3 is 2.30 bits per heavy atom. The minimum absolute atomic E-state index is 0.170. The topological polar surface area (TPSA) is 84.2 Å². The average molecular weight is 356 g/mol. The fourth-order valence-corrected chi connectivity index (χ4v) is 3.44. The molecule has 0 spiro atoms. The van der Waals surface area contributed by atoms with Crippen LogP contribution in [0.1, 0.15) is 5.56 Å². The van der Waals surface area contributed by atoms with Crippen molar-refractivity contribution in [3.63, 3.8) is 0 Å². The molecular weight excluding hydrogens is 342 g/mol. The van der Waals surface area contributed by atoms with Crippen LogP contribution in [0.4, 0.5) is 11.4 Å². The lowest BCUT2D eigenvalue weighted by molar-refractivity contribution is 0.601. The number of nitrogens with one attached hydrogen (secondary N) is 2. The van der Waals surface area contributed by atoms with E-state index in [1.165, 1.54) is 12.1 Å². The van der Waals surface area contributed by atoms with Crippen LogP contribution in [0.2, 0.25) is 0 Å². The Morgan fingerprint density at radius 2 is 1.75 bits per heavy atom. The van der Waals surface area contributed by atoms with Gasteiger partial charge in [-0.15, -0.1) is 0 Å². The largest absolute Gasteiger partial charge is 0.324 e. The van der Waals surface area contributed by atoms with Gasteiger partial charge in [0.25, 0.3) is 10.0 Å². The van der Waals surface area contributed by atoms with Crippen molar-refractivity contribution in [1.29, 1.82) is 0 Å². The van der Waals surface area contributed by atoms with Crippen molar-refractivity contribution in [3.05, 3.63) is 52.5 Å². The monoisotopic (exact) mass is 355 g/mol. The minimum Gasteiger partial charge on any atom is -0.324 e. The number of benzene rings is 2. The van der Waals surface area contributed by atoms with Crippen LogP contribution in [-0.2, 0) is 10.0 Å². The van der Waals surface area contributed by atoms with Gasteiger partial charge in [-0.25, -0.2) is 8.42 Å². The summed E-state index contributed by atoms with van der Waals surface area (Å²) in [4.78, 5) is 0.170. The summed E-state index contributed by atoms with van der Waals surface area (Å²) >= 11 is 3.34. The summed E-state index contributed by atoms with van der Waals surface area (Å²) in [6.07, 6.45) is 0. The molecule has 0 bridgehead atoms. The molecule has 2 rings (SSSR count). The highest BCUT2D eigenvalue weighted by Crippen LogP contribution is 2.26. The van der Waals surface area contributed by atoms with Crippen LogP contribution in [0, 0.1) is 6.92 Å². The molecule has 0 aliphatic carbocycles. The van der Waals surface area contributed by atoms with Crippen LogP contribution < -0.4 is 16.0 Å². The highest BCUT2D eigenvalue weighted by molar-refractivity contribution is 9.10. The van der Waals surface area contributed by atoms with Crippen LogP contribution >= 0.6 is 15.9 Å². The van der Waals surface area contributed by atoms with Crippen molar-refractivity contribution in [2.24, 2.45) is 5.84 Å². The van der Waals surface area contributed by atoms with E-state index in [1.807, 2.05) is 19.1 Å². The molecule has 106 valence electrons. The molecule has 2 aromatic rings. The molecule has 0 heterocycles. The van der Waals surface area contributed by atoms with Crippen molar-refractivity contribution in [2.75, 3.05) is 10.1 Å². The Bertz CT molecular complexity index is 715. The molecule has 0 aliphatic heterocycles. The molecule has 0 aliphatic rings. The van der Waals surface area contributed by atoms with Gasteiger partial charge in [-0.2, -0.15) is 0 Å². The number of anilines is 2. The Kier molecular flexibility index (Phi) is 4.32. The third-order valence-electron chi connectivity index (χ3n) is 2.70. The van der Waals surface area contributed by atoms with Gasteiger partial charge in [-0.05, 0) is 64.8 Å². The lowest BCUT2D eigenvalue weighted by atomic mass is 10.2. The molecule has 7 heteroatoms. The maximum atomic E-state index is 12.3. The first kappa shape index (κ1) is 14.8. The van der Waals surface area contributed by atoms with Gasteiger partial charge < -0.3 is 5.43 Å². The first-order chi connectivity index (χ1) is 9.42. The second kappa shape index (κ2) is 5.82. The highest BCUT2D eigenvalue weighted by Gasteiger charge is 2.15. The normalized spacial score (nSPS) is 11.2. The fraction of sp³-hybridized carbons (Fsp3) is 0.0769. The number of hydrazine groups is 1. The van der Waals surface area contributed by atoms with E-state index in [0.29, 0.717) is 15.8 Å². The Morgan fingerprint density at radius 1 is 1.10 bits per heavy atom. The van der Waals surface area contributed by atoms with Crippen molar-refractivity contribution in [3.8, 4) is 0 Å². The van der Waals surface area contributed by atoms with Crippen LogP contribution in [0.15, 0.2) is 51.8 Å². The van der Waals surface area contributed by atoms with E-state index >= 15 is 0 Å². The molecule has 0 radical (unpaired) electrons. The van der Waals surface area contributed by atoms with Gasteiger partial charge in [0.2, 0.25) is 0 Å². The lowest BCUT2D eigenvalue weighted by Gasteiger charge is -2.10. The zero-order chi connectivity index (χ0) is 14.8. The minimum atomic E-state index is -3.62. The van der Waals surface area contributed by atoms with E-state index in [1.54, 1.807) is 18.2 Å². The zero-order valence-corrected chi connectivity index (χ0v) is 13.1. The molecule has 2 aromatic carbocycles. The fourth-order valence-electron chi connectivity index (χ4n) is 1.64. The zero-order valence-electron chi connectivity index (χ0n) is 10.7. The smallest absolute Gasteiger partial charge is 0.261 e. The molecule has 0 unspecified atom stereocenters. The SMILES string of the molecule is Cc1ccc(NS(=O)(=O)c2ccc(NN)cc2)c(Br)c1. The number of nitrogens with two attached hydrogens (primary N) is 1. The van der Waals surface area contributed by atoms with Gasteiger partial charge >= 0.3 is 0 Å². The maximum Gasteiger partial charge on any atom is 0.261 e. The summed E-state index contributed by atoms with van der Waals surface area (Å²) < 4.78 is 27.7. The molecule has 0 saturated heterocycles. The molecule has 0 saturated carbocycles. The van der Waals surface area contributed by atoms with Crippen LogP contribution in [-0.4, -0.2) is 8.42 Å². The summed E-state index contributed by atoms with van der Waals surface area (Å²) in [5.74, 6) is 5.25. The van der Waals surface area contributed by atoms with Crippen LogP contribution in [0.3, 0.4) is 0 Å². The van der Waals surface area contributed by atoms with Crippen LogP contribution in [0.25, 0.3) is 0 Å². The standard InChI is InChI=1S/C13H14BrN3O2S/c1-9-2-7-13(12(14)8-9)17-20(18,19)11-5-3-10(16-15)4-6-11/h2-8,16-17H,15H2,1H3. The summed E-state index contributed by atoms with van der Waals surface area (Å²) in [5.41, 5.74) is 4.62. The van der Waals surface area contributed by atoms with Crippen molar-refractivity contribution in [2.45, 2.75) is 11.8 Å². The number of sulfonamides is 1. The molecule has 0 amide bonds. The predicted octanol–water partition coefficient (Wildman–Crippen LogP) is 2.84. The van der Waals surface area contributed by atoms with Gasteiger partial charge in [-0.3, -0.25) is 10.6 Å². The summed E-state index contributed by atoms with van der Waals surface area (Å²) in [6, 6.07) is 11.6. The van der Waals surface area contributed by atoms with Gasteiger partial charge in [-0.1, -0.05) is 6.07 Å². The lowest BCUT2D eigenvalue weighted by Crippen LogP contribution is -2.13. The first-order valence-corrected chi connectivity index (χ1v) is 8.05. The number of hydrogen-bond donors (Lipinski definition) is 3. The van der Waals surface area contributed by atoms with Gasteiger partial charge in [0.1, 0.15) is 0 Å². The summed E-state index contributed by atoms with van der Waals surface area (Å²) in [5, 5.41) is 0. The van der Waals surface area contributed by atoms with Gasteiger partial charge in [0.15, 0.2) is 0 Å². The second-order valence-electron chi connectivity index (χ2n) is 4.26. The Labute approximate surface area is 126 Å². The summed E-state index contributed by atoms with van der Waals surface area (Å²) in [6.45, 7) is 1.93. The van der Waals surface area contributed by atoms with Crippen LogP contribution in [0.5, 0.6) is 0 Å². The molecule has 0 fully saturated rings. The van der Waals surface area contributed by atoms with E-state index < -0.39 is 10.0 Å². The molecule has 5 nitrogen and oxygen atoms in total. The molecule has 0 aromatic heterocycles. The first-order valence-electron chi connectivity index (χ1n) is 5.78. The van der Waals surface area contributed by atoms with Crippen molar-refractivity contribution >= 4 is 37.3 Å². The van der Waals surface area contributed by atoms with E-state index in [2.05, 4.69) is 26.1 Å². The van der Waals surface area contributed by atoms with E-state index in [0.717, 1.165) is 5.56 Å². The molecule has 0 atom stereocenters. The highest BCUT2D eigenvalue weighted by atomic mass is 79.9. The van der Waals surface area contributed by atoms with Crippen molar-refractivity contribution in [1.82, 2.24) is 0 Å². The third-order valence-corrected chi connectivity index (χ3v) is 4.74. The Hall–Kier alpha value is -1.57. The molecular formula is C13H14BrN3O2S. The predicted molar refractivity (Wildman–Crippen MR) is 83.9 cm³/mol. The van der Waals surface area contributed by atoms with Gasteiger partial charge in [0, 0.05) is 10.2 Å². The number of nitrogen functional groups attached to an aromatic ring is 1. The Balaban J connectivity index is 2.30. The van der Waals surface area contributed by atoms with Gasteiger partial charge in [0.05, 0.1) is 10.6 Å². The van der Waals surface area contributed by atoms with E-state index in [-0.39, 0.29) is 4.90 Å². The molecule has 4 N–H and O–H groups in total. The maximum absolute atomic E-state index is 12.3. The third kappa shape index (κ3) is 3.30. The van der Waals surface area contributed by atoms with E-state index in [4.69, 9.17) is 5.84 Å². The van der Waals surface area contributed by atoms with E-state index in [9.17, 15) is 8.42 Å². The average Bonchev–Trinajstić information content (AvgIpc) is 2.42. The number of rotatable bonds is 4. The number of halogens is 1. The number of hydrogen-bond acceptors (Lipinski definition) is 4. The molecule has 20 heavy (non-hydrogen) atoms. The van der Waals surface area contributed by atoms with Crippen molar-refractivity contribution < 1.29 is 8.42 Å². The summed E-state index contributed by atoms with van der Waals surface area (Å²) in [7, 11) is -3.62.